The van der Waals surface area contributed by atoms with Crippen molar-refractivity contribution in [1.82, 2.24) is 5.32 Å². The summed E-state index contributed by atoms with van der Waals surface area (Å²) in [6.07, 6.45) is 1.34. The van der Waals surface area contributed by atoms with Crippen LogP contribution in [-0.4, -0.2) is 36.5 Å². The zero-order valence-corrected chi connectivity index (χ0v) is 15.7. The van der Waals surface area contributed by atoms with E-state index >= 15 is 0 Å². The van der Waals surface area contributed by atoms with Gasteiger partial charge in [-0.25, -0.2) is 0 Å². The van der Waals surface area contributed by atoms with E-state index in [0.717, 1.165) is 11.1 Å². The second-order valence-electron chi connectivity index (χ2n) is 5.99. The number of para-hydroxylation sites is 1. The number of hydrogen-bond acceptors (Lipinski definition) is 4. The minimum atomic E-state index is -0.977. The SMILES string of the molecule is COc1ccccc1/C(C)=C/C(=O)Nc1ccc(C(=O)NCCC(=O)O)cc1. The summed E-state index contributed by atoms with van der Waals surface area (Å²) in [4.78, 5) is 34.6. The van der Waals surface area contributed by atoms with Crippen LogP contribution in [0, 0.1) is 0 Å². The number of allylic oxidation sites excluding steroid dienone is 1. The molecule has 0 bridgehead atoms. The normalized spacial score (nSPS) is 10.9. The van der Waals surface area contributed by atoms with Crippen LogP contribution in [0.3, 0.4) is 0 Å². The lowest BCUT2D eigenvalue weighted by Crippen LogP contribution is -2.25. The van der Waals surface area contributed by atoms with Crippen molar-refractivity contribution in [1.29, 1.82) is 0 Å². The molecule has 0 aliphatic rings. The van der Waals surface area contributed by atoms with Gasteiger partial charge in [0, 0.05) is 29.4 Å². The summed E-state index contributed by atoms with van der Waals surface area (Å²) in [5.74, 6) is -0.967. The number of carboxylic acid groups (broad SMARTS) is 1. The average Bonchev–Trinajstić information content (AvgIpc) is 2.68. The molecular formula is C21H22N2O5. The predicted molar refractivity (Wildman–Crippen MR) is 106 cm³/mol. The van der Waals surface area contributed by atoms with Crippen LogP contribution in [0.25, 0.3) is 5.57 Å². The Hall–Kier alpha value is -3.61. The molecule has 0 spiro atoms. The molecule has 0 radical (unpaired) electrons. The highest BCUT2D eigenvalue weighted by molar-refractivity contribution is 6.04. The van der Waals surface area contributed by atoms with Crippen LogP contribution in [0.4, 0.5) is 5.69 Å². The first-order chi connectivity index (χ1) is 13.4. The van der Waals surface area contributed by atoms with Gasteiger partial charge in [0.25, 0.3) is 5.91 Å². The van der Waals surface area contributed by atoms with Crippen LogP contribution in [-0.2, 0) is 9.59 Å². The molecule has 0 aliphatic heterocycles. The third-order valence-corrected chi connectivity index (χ3v) is 3.92. The summed E-state index contributed by atoms with van der Waals surface area (Å²) in [5, 5.41) is 13.8. The first-order valence-corrected chi connectivity index (χ1v) is 8.63. The highest BCUT2D eigenvalue weighted by atomic mass is 16.5. The number of methoxy groups -OCH3 is 1. The zero-order valence-electron chi connectivity index (χ0n) is 15.7. The summed E-state index contributed by atoms with van der Waals surface area (Å²) in [7, 11) is 1.57. The van der Waals surface area contributed by atoms with E-state index in [9.17, 15) is 14.4 Å². The standard InChI is InChI=1S/C21H22N2O5/c1-14(17-5-3-4-6-18(17)28-2)13-19(24)23-16-9-7-15(8-10-16)21(27)22-12-11-20(25)26/h3-10,13H,11-12H2,1-2H3,(H,22,27)(H,23,24)(H,25,26)/b14-13+. The Morgan fingerprint density at radius 1 is 1.07 bits per heavy atom. The third kappa shape index (κ3) is 5.98. The van der Waals surface area contributed by atoms with E-state index in [2.05, 4.69) is 10.6 Å². The molecule has 2 aromatic carbocycles. The first-order valence-electron chi connectivity index (χ1n) is 8.63. The topological polar surface area (TPSA) is 105 Å². The third-order valence-electron chi connectivity index (χ3n) is 3.92. The van der Waals surface area contributed by atoms with Gasteiger partial charge in [-0.05, 0) is 42.8 Å². The van der Waals surface area contributed by atoms with Gasteiger partial charge in [0.1, 0.15) is 5.75 Å². The number of carboxylic acids is 1. The minimum absolute atomic E-state index is 0.0552. The van der Waals surface area contributed by atoms with Crippen molar-refractivity contribution in [2.24, 2.45) is 0 Å². The number of benzene rings is 2. The Bertz CT molecular complexity index is 888. The molecule has 3 N–H and O–H groups in total. The maximum absolute atomic E-state index is 12.3. The maximum Gasteiger partial charge on any atom is 0.305 e. The van der Waals surface area contributed by atoms with Gasteiger partial charge in [0.05, 0.1) is 13.5 Å². The Morgan fingerprint density at radius 3 is 2.39 bits per heavy atom. The molecule has 0 saturated heterocycles. The van der Waals surface area contributed by atoms with Crippen molar-refractivity contribution in [2.45, 2.75) is 13.3 Å². The number of nitrogens with one attached hydrogen (secondary N) is 2. The molecule has 0 fully saturated rings. The highest BCUT2D eigenvalue weighted by Gasteiger charge is 2.08. The smallest absolute Gasteiger partial charge is 0.305 e. The van der Waals surface area contributed by atoms with Crippen molar-refractivity contribution in [3.05, 3.63) is 65.7 Å². The van der Waals surface area contributed by atoms with Gasteiger partial charge in [0.2, 0.25) is 5.91 Å². The lowest BCUT2D eigenvalue weighted by atomic mass is 10.1. The van der Waals surface area contributed by atoms with E-state index in [1.54, 1.807) is 31.4 Å². The molecule has 2 rings (SSSR count). The molecule has 0 aromatic heterocycles. The van der Waals surface area contributed by atoms with E-state index in [1.807, 2.05) is 31.2 Å². The van der Waals surface area contributed by atoms with E-state index < -0.39 is 5.97 Å². The van der Waals surface area contributed by atoms with Gasteiger partial charge in [-0.3, -0.25) is 14.4 Å². The lowest BCUT2D eigenvalue weighted by molar-refractivity contribution is -0.136. The monoisotopic (exact) mass is 382 g/mol. The molecule has 146 valence electrons. The first kappa shape index (κ1) is 20.7. The molecule has 28 heavy (non-hydrogen) atoms. The number of carbonyl (C=O) groups is 3. The predicted octanol–water partition coefficient (Wildman–Crippen LogP) is 2.94. The maximum atomic E-state index is 12.3. The molecular weight excluding hydrogens is 360 g/mol. The van der Waals surface area contributed by atoms with Crippen LogP contribution in [0.2, 0.25) is 0 Å². The molecule has 7 heteroatoms. The van der Waals surface area contributed by atoms with Crippen LogP contribution < -0.4 is 15.4 Å². The molecule has 0 saturated carbocycles. The van der Waals surface area contributed by atoms with Crippen molar-refractivity contribution < 1.29 is 24.2 Å². The largest absolute Gasteiger partial charge is 0.496 e. The summed E-state index contributed by atoms with van der Waals surface area (Å²) in [5.41, 5.74) is 2.50. The summed E-state index contributed by atoms with van der Waals surface area (Å²) >= 11 is 0. The molecule has 0 unspecified atom stereocenters. The van der Waals surface area contributed by atoms with Crippen molar-refractivity contribution in [3.8, 4) is 5.75 Å². The summed E-state index contributed by atoms with van der Waals surface area (Å²) in [6, 6.07) is 13.8. The number of ether oxygens (including phenoxy) is 1. The van der Waals surface area contributed by atoms with Crippen LogP contribution in [0.15, 0.2) is 54.6 Å². The molecule has 0 heterocycles. The van der Waals surface area contributed by atoms with Gasteiger partial charge < -0.3 is 20.5 Å². The number of rotatable bonds is 8. The molecule has 2 amide bonds. The fraction of sp³-hybridized carbons (Fsp3) is 0.190. The zero-order chi connectivity index (χ0) is 20.5. The highest BCUT2D eigenvalue weighted by Crippen LogP contribution is 2.25. The van der Waals surface area contributed by atoms with Crippen molar-refractivity contribution in [3.63, 3.8) is 0 Å². The second-order valence-corrected chi connectivity index (χ2v) is 5.99. The number of amides is 2. The summed E-state index contributed by atoms with van der Waals surface area (Å²) in [6.45, 7) is 1.88. The number of carbonyl (C=O) groups excluding carboxylic acids is 2. The van der Waals surface area contributed by atoms with E-state index in [0.29, 0.717) is 17.0 Å². The average molecular weight is 382 g/mol. The minimum Gasteiger partial charge on any atom is -0.496 e. The number of anilines is 1. The van der Waals surface area contributed by atoms with Crippen LogP contribution >= 0.6 is 0 Å². The van der Waals surface area contributed by atoms with Crippen LogP contribution in [0.5, 0.6) is 5.75 Å². The van der Waals surface area contributed by atoms with Crippen LogP contribution in [0.1, 0.15) is 29.3 Å². The Morgan fingerprint density at radius 2 is 1.75 bits per heavy atom. The van der Waals surface area contributed by atoms with Gasteiger partial charge >= 0.3 is 5.97 Å². The fourth-order valence-corrected chi connectivity index (χ4v) is 2.51. The Balaban J connectivity index is 1.98. The molecule has 2 aromatic rings. The number of hydrogen-bond donors (Lipinski definition) is 3. The van der Waals surface area contributed by atoms with E-state index in [-0.39, 0.29) is 24.8 Å². The second kappa shape index (κ2) is 9.91. The fourth-order valence-electron chi connectivity index (χ4n) is 2.51. The molecule has 0 atom stereocenters. The van der Waals surface area contributed by atoms with Gasteiger partial charge in [0.15, 0.2) is 0 Å². The molecule has 7 nitrogen and oxygen atoms in total. The quantitative estimate of drug-likeness (QED) is 0.609. The lowest BCUT2D eigenvalue weighted by Gasteiger charge is -2.09. The summed E-state index contributed by atoms with van der Waals surface area (Å²) < 4.78 is 5.30. The van der Waals surface area contributed by atoms with E-state index in [1.165, 1.54) is 6.08 Å². The van der Waals surface area contributed by atoms with Crippen molar-refractivity contribution in [2.75, 3.05) is 19.0 Å². The van der Waals surface area contributed by atoms with Gasteiger partial charge in [-0.2, -0.15) is 0 Å². The van der Waals surface area contributed by atoms with Crippen molar-refractivity contribution >= 4 is 29.0 Å². The van der Waals surface area contributed by atoms with Gasteiger partial charge in [-0.1, -0.05) is 18.2 Å². The molecule has 0 aliphatic carbocycles. The Kier molecular flexibility index (Phi) is 7.33. The Labute approximate surface area is 163 Å². The van der Waals surface area contributed by atoms with E-state index in [4.69, 9.17) is 9.84 Å². The number of aliphatic carboxylic acids is 1. The van der Waals surface area contributed by atoms with Gasteiger partial charge in [-0.15, -0.1) is 0 Å².